The van der Waals surface area contributed by atoms with Crippen LogP contribution in [0.1, 0.15) is 25.0 Å². The summed E-state index contributed by atoms with van der Waals surface area (Å²) in [5.74, 6) is 0.223. The fourth-order valence-electron chi connectivity index (χ4n) is 2.95. The summed E-state index contributed by atoms with van der Waals surface area (Å²) in [6, 6.07) is 13.2. The van der Waals surface area contributed by atoms with E-state index >= 15 is 0 Å². The molecule has 144 valence electrons. The highest BCUT2D eigenvalue weighted by atomic mass is 16.5. The third-order valence-corrected chi connectivity index (χ3v) is 4.37. The molecule has 0 saturated heterocycles. The summed E-state index contributed by atoms with van der Waals surface area (Å²) >= 11 is 0. The molecule has 1 unspecified atom stereocenters. The van der Waals surface area contributed by atoms with Gasteiger partial charge in [-0.25, -0.2) is 0 Å². The van der Waals surface area contributed by atoms with Crippen molar-refractivity contribution in [2.75, 3.05) is 16.8 Å². The smallest absolute Gasteiger partial charge is 0.268 e. The molecule has 1 aliphatic rings. The normalized spacial score (nSPS) is 15.9. The van der Waals surface area contributed by atoms with Gasteiger partial charge in [-0.15, -0.1) is 0 Å². The molecule has 0 aromatic heterocycles. The number of hydrogen-bond donors (Lipinski definition) is 1. The maximum Gasteiger partial charge on any atom is 0.268 e. The summed E-state index contributed by atoms with van der Waals surface area (Å²) in [6.45, 7) is 9.93. The van der Waals surface area contributed by atoms with Crippen molar-refractivity contribution >= 4 is 29.3 Å². The number of amides is 2. The van der Waals surface area contributed by atoms with E-state index in [4.69, 9.17) is 4.74 Å². The lowest BCUT2D eigenvalue weighted by Crippen LogP contribution is -2.45. The molecule has 1 atom stereocenters. The van der Waals surface area contributed by atoms with Gasteiger partial charge in [0.1, 0.15) is 5.75 Å². The Labute approximate surface area is 165 Å². The van der Waals surface area contributed by atoms with E-state index < -0.39 is 6.10 Å². The predicted octanol–water partition coefficient (Wildman–Crippen LogP) is 4.34. The number of benzene rings is 2. The van der Waals surface area contributed by atoms with E-state index in [-0.39, 0.29) is 11.8 Å². The third kappa shape index (κ3) is 4.49. The molecule has 0 radical (unpaired) electrons. The maximum absolute atomic E-state index is 12.4. The average Bonchev–Trinajstić information content (AvgIpc) is 2.64. The molecular weight excluding hydrogens is 352 g/mol. The molecule has 0 spiro atoms. The first-order valence-corrected chi connectivity index (χ1v) is 9.15. The van der Waals surface area contributed by atoms with Crippen molar-refractivity contribution in [3.05, 3.63) is 71.8 Å². The lowest BCUT2D eigenvalue weighted by Gasteiger charge is -2.33. The Balaban J connectivity index is 1.75. The quantitative estimate of drug-likeness (QED) is 0.624. The predicted molar refractivity (Wildman–Crippen MR) is 113 cm³/mol. The molecule has 28 heavy (non-hydrogen) atoms. The van der Waals surface area contributed by atoms with Crippen LogP contribution in [0.3, 0.4) is 0 Å². The standard InChI is InChI=1S/C23H24N2O3/c1-15(2)14-25-20-11-10-19(13-21(20)28-17(4)23(25)27)24-22(26)12-9-18-7-5-16(3)6-8-18/h5-13,17H,1,14H2,2-4H3,(H,24,26)/b12-9+. The van der Waals surface area contributed by atoms with E-state index in [0.29, 0.717) is 23.7 Å². The molecule has 0 saturated carbocycles. The highest BCUT2D eigenvalue weighted by molar-refractivity contribution is 6.03. The monoisotopic (exact) mass is 376 g/mol. The van der Waals surface area contributed by atoms with Crippen molar-refractivity contribution in [1.82, 2.24) is 0 Å². The highest BCUT2D eigenvalue weighted by Gasteiger charge is 2.31. The van der Waals surface area contributed by atoms with E-state index in [9.17, 15) is 9.59 Å². The Morgan fingerprint density at radius 2 is 1.96 bits per heavy atom. The average molecular weight is 376 g/mol. The summed E-state index contributed by atoms with van der Waals surface area (Å²) in [5.41, 5.74) is 4.29. The lowest BCUT2D eigenvalue weighted by molar-refractivity contribution is -0.125. The molecule has 1 aliphatic heterocycles. The van der Waals surface area contributed by atoms with Crippen molar-refractivity contribution in [1.29, 1.82) is 0 Å². The molecule has 0 fully saturated rings. The van der Waals surface area contributed by atoms with Gasteiger partial charge in [0.2, 0.25) is 5.91 Å². The van der Waals surface area contributed by atoms with Crippen LogP contribution in [0.15, 0.2) is 60.7 Å². The van der Waals surface area contributed by atoms with Crippen LogP contribution in [-0.2, 0) is 9.59 Å². The number of carbonyl (C=O) groups is 2. The molecule has 2 aromatic carbocycles. The van der Waals surface area contributed by atoms with Crippen molar-refractivity contribution in [3.8, 4) is 5.75 Å². The molecule has 3 rings (SSSR count). The number of carbonyl (C=O) groups excluding carboxylic acids is 2. The molecule has 0 bridgehead atoms. The SMILES string of the molecule is C=C(C)CN1C(=O)C(C)Oc2cc(NC(=O)/C=C/c3ccc(C)cc3)ccc21. The van der Waals surface area contributed by atoms with Crippen molar-refractivity contribution in [2.24, 2.45) is 0 Å². The Bertz CT molecular complexity index is 945. The van der Waals surface area contributed by atoms with Crippen LogP contribution in [-0.4, -0.2) is 24.5 Å². The number of nitrogens with one attached hydrogen (secondary N) is 1. The van der Waals surface area contributed by atoms with Gasteiger partial charge in [0, 0.05) is 24.4 Å². The second-order valence-electron chi connectivity index (χ2n) is 7.06. The van der Waals surface area contributed by atoms with Gasteiger partial charge in [0.05, 0.1) is 5.69 Å². The highest BCUT2D eigenvalue weighted by Crippen LogP contribution is 2.36. The van der Waals surface area contributed by atoms with E-state index in [1.807, 2.05) is 38.1 Å². The minimum Gasteiger partial charge on any atom is -0.479 e. The molecule has 2 aromatic rings. The van der Waals surface area contributed by atoms with Crippen LogP contribution < -0.4 is 15.0 Å². The number of nitrogens with zero attached hydrogens (tertiary/aromatic N) is 1. The van der Waals surface area contributed by atoms with Crippen LogP contribution >= 0.6 is 0 Å². The van der Waals surface area contributed by atoms with Gasteiger partial charge in [-0.3, -0.25) is 9.59 Å². The topological polar surface area (TPSA) is 58.6 Å². The van der Waals surface area contributed by atoms with Crippen LogP contribution in [0.5, 0.6) is 5.75 Å². The minimum absolute atomic E-state index is 0.103. The second kappa shape index (κ2) is 8.13. The van der Waals surface area contributed by atoms with Crippen molar-refractivity contribution < 1.29 is 14.3 Å². The van der Waals surface area contributed by atoms with Gasteiger partial charge in [-0.1, -0.05) is 42.0 Å². The van der Waals surface area contributed by atoms with Crippen LogP contribution in [0.2, 0.25) is 0 Å². The summed E-state index contributed by atoms with van der Waals surface area (Å²) in [7, 11) is 0. The largest absolute Gasteiger partial charge is 0.479 e. The fourth-order valence-corrected chi connectivity index (χ4v) is 2.95. The van der Waals surface area contributed by atoms with Crippen molar-refractivity contribution in [2.45, 2.75) is 26.9 Å². The number of hydrogen-bond acceptors (Lipinski definition) is 3. The minimum atomic E-state index is -0.584. The zero-order valence-corrected chi connectivity index (χ0v) is 16.4. The first-order chi connectivity index (χ1) is 13.3. The first-order valence-electron chi connectivity index (χ1n) is 9.15. The summed E-state index contributed by atoms with van der Waals surface area (Å²) in [6.07, 6.45) is 2.67. The summed E-state index contributed by atoms with van der Waals surface area (Å²) in [4.78, 5) is 26.3. The van der Waals surface area contributed by atoms with Gasteiger partial charge in [-0.2, -0.15) is 0 Å². The number of fused-ring (bicyclic) bond motifs is 1. The first kappa shape index (κ1) is 19.4. The fraction of sp³-hybridized carbons (Fsp3) is 0.217. The van der Waals surface area contributed by atoms with E-state index in [1.165, 1.54) is 11.6 Å². The van der Waals surface area contributed by atoms with Crippen molar-refractivity contribution in [3.63, 3.8) is 0 Å². The Hall–Kier alpha value is -3.34. The van der Waals surface area contributed by atoms with Gasteiger partial charge in [0.15, 0.2) is 6.10 Å². The van der Waals surface area contributed by atoms with Gasteiger partial charge in [-0.05, 0) is 44.5 Å². The van der Waals surface area contributed by atoms with E-state index in [0.717, 1.165) is 11.1 Å². The Morgan fingerprint density at radius 3 is 2.64 bits per heavy atom. The summed E-state index contributed by atoms with van der Waals surface area (Å²) < 4.78 is 5.73. The van der Waals surface area contributed by atoms with Gasteiger partial charge < -0.3 is 15.0 Å². The molecule has 2 amide bonds. The maximum atomic E-state index is 12.4. The molecule has 1 heterocycles. The molecule has 5 heteroatoms. The number of rotatable bonds is 5. The summed E-state index contributed by atoms with van der Waals surface area (Å²) in [5, 5.41) is 2.83. The lowest BCUT2D eigenvalue weighted by atomic mass is 10.1. The molecule has 1 N–H and O–H groups in total. The van der Waals surface area contributed by atoms with Crippen LogP contribution in [0.25, 0.3) is 6.08 Å². The van der Waals surface area contributed by atoms with Crippen LogP contribution in [0, 0.1) is 6.92 Å². The van der Waals surface area contributed by atoms with Crippen LogP contribution in [0.4, 0.5) is 11.4 Å². The number of ether oxygens (including phenoxy) is 1. The number of anilines is 2. The zero-order valence-electron chi connectivity index (χ0n) is 16.4. The Kier molecular flexibility index (Phi) is 5.64. The Morgan fingerprint density at radius 1 is 1.25 bits per heavy atom. The molecule has 0 aliphatic carbocycles. The van der Waals surface area contributed by atoms with Gasteiger partial charge in [0.25, 0.3) is 5.91 Å². The molecule has 5 nitrogen and oxygen atoms in total. The third-order valence-electron chi connectivity index (χ3n) is 4.37. The second-order valence-corrected chi connectivity index (χ2v) is 7.06. The zero-order chi connectivity index (χ0) is 20.3. The molecular formula is C23H24N2O3. The number of aryl methyl sites for hydroxylation is 1. The van der Waals surface area contributed by atoms with E-state index in [1.54, 1.807) is 36.1 Å². The van der Waals surface area contributed by atoms with E-state index in [2.05, 4.69) is 11.9 Å². The van der Waals surface area contributed by atoms with Gasteiger partial charge >= 0.3 is 0 Å².